The van der Waals surface area contributed by atoms with E-state index in [0.29, 0.717) is 16.4 Å². The molecule has 0 spiro atoms. The highest BCUT2D eigenvalue weighted by Crippen LogP contribution is 2.56. The number of carbonyl (C=O) groups is 3. The van der Waals surface area contributed by atoms with Gasteiger partial charge in [-0.1, -0.05) is 41.4 Å². The van der Waals surface area contributed by atoms with E-state index < -0.39 is 0 Å². The first-order valence-electron chi connectivity index (χ1n) is 10.1. The van der Waals surface area contributed by atoms with E-state index in [-0.39, 0.29) is 47.0 Å². The van der Waals surface area contributed by atoms with Gasteiger partial charge in [-0.3, -0.25) is 14.4 Å². The summed E-state index contributed by atoms with van der Waals surface area (Å²) in [7, 11) is 0. The van der Waals surface area contributed by atoms with E-state index in [2.05, 4.69) is 11.4 Å². The molecule has 5 nitrogen and oxygen atoms in total. The van der Waals surface area contributed by atoms with Crippen molar-refractivity contribution in [2.24, 2.45) is 23.7 Å². The summed E-state index contributed by atoms with van der Waals surface area (Å²) in [6.45, 7) is 3.86. The van der Waals surface area contributed by atoms with Crippen LogP contribution in [0.2, 0.25) is 5.02 Å². The number of rotatable bonds is 3. The van der Waals surface area contributed by atoms with Crippen LogP contribution in [0.15, 0.2) is 54.1 Å². The lowest BCUT2D eigenvalue weighted by molar-refractivity contribution is -0.123. The van der Waals surface area contributed by atoms with Crippen LogP contribution in [0, 0.1) is 30.6 Å². The maximum absolute atomic E-state index is 13.3. The maximum Gasteiger partial charge on any atom is 0.257 e. The van der Waals surface area contributed by atoms with Crippen molar-refractivity contribution in [2.45, 2.75) is 20.3 Å². The predicted octanol–water partition coefficient (Wildman–Crippen LogP) is 4.60. The Hall–Kier alpha value is -2.92. The van der Waals surface area contributed by atoms with Crippen molar-refractivity contribution >= 4 is 40.7 Å². The molecule has 0 aromatic heterocycles. The molecule has 4 unspecified atom stereocenters. The van der Waals surface area contributed by atoms with Gasteiger partial charge in [0.1, 0.15) is 0 Å². The lowest BCUT2D eigenvalue weighted by atomic mass is 9.82. The molecular formula is C24H21ClN2O3. The summed E-state index contributed by atoms with van der Waals surface area (Å²) < 4.78 is 0. The first kappa shape index (κ1) is 19.1. The minimum Gasteiger partial charge on any atom is -0.322 e. The van der Waals surface area contributed by atoms with E-state index in [1.54, 1.807) is 42.5 Å². The molecule has 2 fully saturated rings. The SMILES string of the molecule is CC1=CC2CC1C1C(=O)N(c3ccccc3C(=O)Nc3cccc(Cl)c3C)C(=O)C21. The molecule has 3 aliphatic rings. The average Bonchev–Trinajstić information content (AvgIpc) is 3.36. The average molecular weight is 421 g/mol. The van der Waals surface area contributed by atoms with Gasteiger partial charge in [0.2, 0.25) is 11.8 Å². The summed E-state index contributed by atoms with van der Waals surface area (Å²) in [4.78, 5) is 40.9. The van der Waals surface area contributed by atoms with Gasteiger partial charge in [0.15, 0.2) is 0 Å². The van der Waals surface area contributed by atoms with Crippen LogP contribution in [-0.4, -0.2) is 17.7 Å². The molecule has 2 bridgehead atoms. The van der Waals surface area contributed by atoms with Crippen LogP contribution in [-0.2, 0) is 9.59 Å². The third-order valence-corrected chi connectivity index (χ3v) is 7.20. The van der Waals surface area contributed by atoms with Gasteiger partial charge < -0.3 is 5.32 Å². The second kappa shape index (κ2) is 6.81. The number of anilines is 2. The Kier molecular flexibility index (Phi) is 4.33. The fraction of sp³-hybridized carbons (Fsp3) is 0.292. The van der Waals surface area contributed by atoms with E-state index in [0.717, 1.165) is 12.0 Å². The molecule has 6 heteroatoms. The minimum absolute atomic E-state index is 0.122. The van der Waals surface area contributed by atoms with Crippen LogP contribution >= 0.6 is 11.6 Å². The molecule has 30 heavy (non-hydrogen) atoms. The van der Waals surface area contributed by atoms with Crippen molar-refractivity contribution in [1.29, 1.82) is 0 Å². The first-order valence-corrected chi connectivity index (χ1v) is 10.5. The molecule has 1 saturated heterocycles. The van der Waals surface area contributed by atoms with Gasteiger partial charge in [0, 0.05) is 10.7 Å². The van der Waals surface area contributed by atoms with Gasteiger partial charge in [-0.15, -0.1) is 0 Å². The van der Waals surface area contributed by atoms with Gasteiger partial charge in [-0.05, 0) is 61.9 Å². The lowest BCUT2D eigenvalue weighted by Gasteiger charge is -2.21. The van der Waals surface area contributed by atoms with E-state index in [4.69, 9.17) is 11.6 Å². The second-order valence-electron chi connectivity index (χ2n) is 8.36. The molecule has 1 heterocycles. The number of hydrogen-bond acceptors (Lipinski definition) is 3. The Bertz CT molecular complexity index is 1140. The Labute approximate surface area is 179 Å². The largest absolute Gasteiger partial charge is 0.322 e. The molecule has 2 aromatic rings. The summed E-state index contributed by atoms with van der Waals surface area (Å²) in [6, 6.07) is 12.1. The highest BCUT2D eigenvalue weighted by molar-refractivity contribution is 6.32. The molecule has 0 radical (unpaired) electrons. The minimum atomic E-state index is -0.383. The zero-order chi connectivity index (χ0) is 21.2. The number of para-hydroxylation sites is 1. The normalized spacial score (nSPS) is 26.8. The van der Waals surface area contributed by atoms with Crippen molar-refractivity contribution in [3.63, 3.8) is 0 Å². The Morgan fingerprint density at radius 3 is 2.57 bits per heavy atom. The van der Waals surface area contributed by atoms with Crippen LogP contribution in [0.25, 0.3) is 0 Å². The van der Waals surface area contributed by atoms with Crippen molar-refractivity contribution < 1.29 is 14.4 Å². The maximum atomic E-state index is 13.3. The highest BCUT2D eigenvalue weighted by atomic mass is 35.5. The third-order valence-electron chi connectivity index (χ3n) is 6.79. The number of nitrogens with one attached hydrogen (secondary N) is 1. The van der Waals surface area contributed by atoms with Gasteiger partial charge in [0.25, 0.3) is 5.91 Å². The Balaban J connectivity index is 1.49. The fourth-order valence-corrected chi connectivity index (χ4v) is 5.48. The van der Waals surface area contributed by atoms with Crippen LogP contribution < -0.4 is 10.2 Å². The number of allylic oxidation sites excluding steroid dienone is 2. The van der Waals surface area contributed by atoms with Crippen LogP contribution in [0.4, 0.5) is 11.4 Å². The zero-order valence-corrected chi connectivity index (χ0v) is 17.4. The number of nitrogens with zero attached hydrogens (tertiary/aromatic N) is 1. The number of halogens is 1. The van der Waals surface area contributed by atoms with E-state index in [1.165, 1.54) is 10.5 Å². The van der Waals surface area contributed by atoms with Gasteiger partial charge in [-0.25, -0.2) is 4.90 Å². The number of benzene rings is 2. The van der Waals surface area contributed by atoms with Crippen LogP contribution in [0.1, 0.15) is 29.3 Å². The van der Waals surface area contributed by atoms with Crippen LogP contribution in [0.3, 0.4) is 0 Å². The summed E-state index contributed by atoms with van der Waals surface area (Å²) in [5, 5.41) is 3.42. The van der Waals surface area contributed by atoms with Crippen molar-refractivity contribution in [1.82, 2.24) is 0 Å². The van der Waals surface area contributed by atoms with E-state index in [1.807, 2.05) is 13.8 Å². The predicted molar refractivity (Wildman–Crippen MR) is 115 cm³/mol. The molecule has 2 aromatic carbocycles. The van der Waals surface area contributed by atoms with Gasteiger partial charge in [-0.2, -0.15) is 0 Å². The number of amides is 3. The standard InChI is InChI=1S/C24H21ClN2O3/c1-12-10-14-11-16(12)21-20(14)23(29)27(24(21)30)19-9-4-3-6-15(19)22(28)26-18-8-5-7-17(25)13(18)2/h3-10,14,16,20-21H,11H2,1-2H3,(H,26,28). The molecule has 3 amide bonds. The molecule has 1 saturated carbocycles. The zero-order valence-electron chi connectivity index (χ0n) is 16.7. The van der Waals surface area contributed by atoms with Crippen molar-refractivity contribution in [3.8, 4) is 0 Å². The molecule has 2 aliphatic carbocycles. The second-order valence-corrected chi connectivity index (χ2v) is 8.77. The molecule has 4 atom stereocenters. The monoisotopic (exact) mass is 420 g/mol. The quantitative estimate of drug-likeness (QED) is 0.582. The van der Waals surface area contributed by atoms with E-state index >= 15 is 0 Å². The van der Waals surface area contributed by atoms with Gasteiger partial charge >= 0.3 is 0 Å². The Morgan fingerprint density at radius 1 is 1.03 bits per heavy atom. The van der Waals surface area contributed by atoms with Crippen molar-refractivity contribution in [2.75, 3.05) is 10.2 Å². The molecule has 1 aliphatic heterocycles. The summed E-state index contributed by atoms with van der Waals surface area (Å²) >= 11 is 6.16. The molecule has 152 valence electrons. The van der Waals surface area contributed by atoms with Crippen LogP contribution in [0.5, 0.6) is 0 Å². The molecular weight excluding hydrogens is 400 g/mol. The van der Waals surface area contributed by atoms with E-state index in [9.17, 15) is 14.4 Å². The number of carbonyl (C=O) groups excluding carboxylic acids is 3. The third kappa shape index (κ3) is 2.65. The number of imide groups is 1. The highest BCUT2D eigenvalue weighted by Gasteiger charge is 2.61. The fourth-order valence-electron chi connectivity index (χ4n) is 5.30. The topological polar surface area (TPSA) is 66.5 Å². The lowest BCUT2D eigenvalue weighted by Crippen LogP contribution is -2.34. The number of fused-ring (bicyclic) bond motifs is 5. The number of hydrogen-bond donors (Lipinski definition) is 1. The summed E-state index contributed by atoms with van der Waals surface area (Å²) in [6.07, 6.45) is 3.02. The Morgan fingerprint density at radius 2 is 1.77 bits per heavy atom. The smallest absolute Gasteiger partial charge is 0.257 e. The molecule has 1 N–H and O–H groups in total. The molecule has 5 rings (SSSR count). The first-order chi connectivity index (χ1) is 14.4. The van der Waals surface area contributed by atoms with Crippen molar-refractivity contribution in [3.05, 3.63) is 70.3 Å². The summed E-state index contributed by atoms with van der Waals surface area (Å²) in [5.74, 6) is -1.13. The van der Waals surface area contributed by atoms with Gasteiger partial charge in [0.05, 0.1) is 23.1 Å². The summed E-state index contributed by atoms with van der Waals surface area (Å²) in [5.41, 5.74) is 3.18.